The maximum Gasteiger partial charge on any atom is 0.243 e. The van der Waals surface area contributed by atoms with E-state index in [1.165, 1.54) is 0 Å². The molecule has 2 aromatic carbocycles. The van der Waals surface area contributed by atoms with Gasteiger partial charge in [0, 0.05) is 19.4 Å². The maximum atomic E-state index is 13.2. The fourth-order valence-electron chi connectivity index (χ4n) is 4.56. The highest BCUT2D eigenvalue weighted by Crippen LogP contribution is 2.17. The molecule has 0 saturated carbocycles. The van der Waals surface area contributed by atoms with Gasteiger partial charge < -0.3 is 43.6 Å². The minimum atomic E-state index is -1.04. The SMILES string of the molecule is N=C(N)NCCC[C@H](N)C(=O)N[C@@H](Cc1ccc2ccccc2c1)C(=O)NCC(=O)N[C@H](CC1=CCC(O)C=C1)C(N)=O. The van der Waals surface area contributed by atoms with Crippen LogP contribution in [0.5, 0.6) is 0 Å². The van der Waals surface area contributed by atoms with Gasteiger partial charge in [-0.3, -0.25) is 24.6 Å². The van der Waals surface area contributed by atoms with E-state index < -0.39 is 54.4 Å². The van der Waals surface area contributed by atoms with Crippen LogP contribution in [0.25, 0.3) is 10.8 Å². The van der Waals surface area contributed by atoms with Gasteiger partial charge in [-0.25, -0.2) is 0 Å². The highest BCUT2D eigenvalue weighted by atomic mass is 16.3. The summed E-state index contributed by atoms with van der Waals surface area (Å²) in [6, 6.07) is 10.5. The van der Waals surface area contributed by atoms with Crippen molar-refractivity contribution in [3.05, 3.63) is 71.8 Å². The van der Waals surface area contributed by atoms with Crippen LogP contribution in [0.4, 0.5) is 0 Å². The van der Waals surface area contributed by atoms with E-state index in [0.29, 0.717) is 19.4 Å². The third-order valence-corrected chi connectivity index (χ3v) is 6.93. The summed E-state index contributed by atoms with van der Waals surface area (Å²) in [5.41, 5.74) is 18.3. The fourth-order valence-corrected chi connectivity index (χ4v) is 4.56. The molecule has 0 heterocycles. The van der Waals surface area contributed by atoms with E-state index in [2.05, 4.69) is 21.3 Å². The predicted molar refractivity (Wildman–Crippen MR) is 163 cm³/mol. The van der Waals surface area contributed by atoms with Gasteiger partial charge in [-0.05, 0) is 41.2 Å². The fraction of sp³-hybridized carbons (Fsp3) is 0.367. The Morgan fingerprint density at radius 3 is 2.37 bits per heavy atom. The average Bonchev–Trinajstić information content (AvgIpc) is 2.98. The lowest BCUT2D eigenvalue weighted by molar-refractivity contribution is -0.131. The lowest BCUT2D eigenvalue weighted by Gasteiger charge is -2.22. The summed E-state index contributed by atoms with van der Waals surface area (Å²) in [6.45, 7) is -0.0860. The first kappa shape index (κ1) is 32.8. The third kappa shape index (κ3) is 10.9. The number of rotatable bonds is 15. The van der Waals surface area contributed by atoms with Crippen molar-refractivity contribution in [3.63, 3.8) is 0 Å². The summed E-state index contributed by atoms with van der Waals surface area (Å²) in [4.78, 5) is 50.8. The van der Waals surface area contributed by atoms with Crippen LogP contribution in [0, 0.1) is 5.41 Å². The second-order valence-electron chi connectivity index (χ2n) is 10.4. The highest BCUT2D eigenvalue weighted by molar-refractivity contribution is 5.93. The number of amides is 4. The molecule has 0 bridgehead atoms. The zero-order valence-corrected chi connectivity index (χ0v) is 23.8. The molecule has 0 spiro atoms. The number of carbonyl (C=O) groups excluding carboxylic acids is 4. The molecule has 0 fully saturated rings. The molecule has 13 nitrogen and oxygen atoms in total. The standard InChI is InChI=1S/C30H40N8O5/c31-23(6-3-13-35-30(33)34)28(42)38-25(16-19-7-10-20-4-1-2-5-21(20)14-19)29(43)36-17-26(40)37-24(27(32)41)15-18-8-11-22(39)12-9-18/h1-2,4-5,7-11,14,22-25,39H,3,6,12-13,15-17,31H2,(H2,32,41)(H,36,43)(H,37,40)(H,38,42)(H4,33,34,35)/t22?,23-,24+,25-/m0/s1. The van der Waals surface area contributed by atoms with E-state index in [1.807, 2.05) is 42.5 Å². The van der Waals surface area contributed by atoms with Crippen molar-refractivity contribution in [1.82, 2.24) is 21.3 Å². The topological polar surface area (TPSA) is 239 Å². The van der Waals surface area contributed by atoms with Gasteiger partial charge in [-0.15, -0.1) is 0 Å². The van der Waals surface area contributed by atoms with Gasteiger partial charge >= 0.3 is 0 Å². The zero-order valence-electron chi connectivity index (χ0n) is 23.8. The smallest absolute Gasteiger partial charge is 0.243 e. The van der Waals surface area contributed by atoms with E-state index in [1.54, 1.807) is 18.2 Å². The molecule has 0 aromatic heterocycles. The van der Waals surface area contributed by atoms with Crippen LogP contribution in [0.1, 0.15) is 31.2 Å². The second kappa shape index (κ2) is 16.0. The third-order valence-electron chi connectivity index (χ3n) is 6.93. The van der Waals surface area contributed by atoms with Crippen LogP contribution in [-0.4, -0.2) is 72.0 Å². The van der Waals surface area contributed by atoms with E-state index in [9.17, 15) is 24.3 Å². The number of aliphatic hydroxyl groups excluding tert-OH is 1. The zero-order chi connectivity index (χ0) is 31.4. The molecule has 4 atom stereocenters. The maximum absolute atomic E-state index is 13.2. The molecule has 12 N–H and O–H groups in total. The van der Waals surface area contributed by atoms with Gasteiger partial charge in [0.05, 0.1) is 18.7 Å². The van der Waals surface area contributed by atoms with Crippen molar-refractivity contribution in [2.24, 2.45) is 17.2 Å². The van der Waals surface area contributed by atoms with Gasteiger partial charge in [0.25, 0.3) is 0 Å². The Kier molecular flexibility index (Phi) is 12.2. The molecule has 0 aliphatic heterocycles. The van der Waals surface area contributed by atoms with E-state index >= 15 is 0 Å². The van der Waals surface area contributed by atoms with Crippen LogP contribution in [0.2, 0.25) is 0 Å². The minimum absolute atomic E-state index is 0.138. The molecule has 1 aliphatic rings. The molecule has 43 heavy (non-hydrogen) atoms. The van der Waals surface area contributed by atoms with Crippen molar-refractivity contribution in [2.75, 3.05) is 13.1 Å². The van der Waals surface area contributed by atoms with Crippen LogP contribution in [0.15, 0.2) is 66.3 Å². The van der Waals surface area contributed by atoms with Crippen molar-refractivity contribution in [2.45, 2.75) is 56.3 Å². The molecular weight excluding hydrogens is 552 g/mol. The van der Waals surface area contributed by atoms with Crippen molar-refractivity contribution in [1.29, 1.82) is 5.41 Å². The number of carbonyl (C=O) groups is 4. The Bertz CT molecular complexity index is 1390. The normalized spacial score (nSPS) is 16.3. The summed E-state index contributed by atoms with van der Waals surface area (Å²) >= 11 is 0. The first-order valence-corrected chi connectivity index (χ1v) is 14.0. The number of guanidine groups is 1. The van der Waals surface area contributed by atoms with Gasteiger partial charge in [-0.1, -0.05) is 60.7 Å². The van der Waals surface area contributed by atoms with Gasteiger partial charge in [0.2, 0.25) is 23.6 Å². The number of aliphatic hydroxyl groups is 1. The number of nitrogens with two attached hydrogens (primary N) is 3. The number of primary amides is 1. The molecule has 4 amide bonds. The molecular formula is C30H40N8O5. The molecule has 1 aliphatic carbocycles. The number of allylic oxidation sites excluding steroid dienone is 1. The highest BCUT2D eigenvalue weighted by Gasteiger charge is 2.26. The molecule has 3 rings (SSSR count). The van der Waals surface area contributed by atoms with Crippen LogP contribution < -0.4 is 38.5 Å². The van der Waals surface area contributed by atoms with E-state index in [0.717, 1.165) is 21.9 Å². The monoisotopic (exact) mass is 592 g/mol. The number of fused-ring (bicyclic) bond motifs is 1. The first-order valence-electron chi connectivity index (χ1n) is 14.0. The Hall–Kier alpha value is -4.75. The number of hydrogen-bond donors (Lipinski definition) is 9. The Balaban J connectivity index is 1.64. The summed E-state index contributed by atoms with van der Waals surface area (Å²) < 4.78 is 0. The molecule has 13 heteroatoms. The molecule has 0 radical (unpaired) electrons. The Morgan fingerprint density at radius 1 is 0.953 bits per heavy atom. The quantitative estimate of drug-likeness (QED) is 0.0717. The van der Waals surface area contributed by atoms with Crippen molar-refractivity contribution in [3.8, 4) is 0 Å². The van der Waals surface area contributed by atoms with Crippen molar-refractivity contribution < 1.29 is 24.3 Å². The van der Waals surface area contributed by atoms with Gasteiger partial charge in [0.15, 0.2) is 5.96 Å². The van der Waals surface area contributed by atoms with Crippen LogP contribution in [-0.2, 0) is 25.6 Å². The summed E-state index contributed by atoms with van der Waals surface area (Å²) in [5.74, 6) is -2.71. The van der Waals surface area contributed by atoms with Gasteiger partial charge in [0.1, 0.15) is 12.1 Å². The number of nitrogens with one attached hydrogen (secondary N) is 5. The van der Waals surface area contributed by atoms with E-state index in [4.69, 9.17) is 22.6 Å². The van der Waals surface area contributed by atoms with Crippen molar-refractivity contribution >= 4 is 40.4 Å². The Morgan fingerprint density at radius 2 is 1.70 bits per heavy atom. The van der Waals surface area contributed by atoms with Crippen LogP contribution in [0.3, 0.4) is 0 Å². The van der Waals surface area contributed by atoms with Gasteiger partial charge in [-0.2, -0.15) is 0 Å². The average molecular weight is 593 g/mol. The Labute approximate surface area is 249 Å². The number of hydrogen-bond acceptors (Lipinski definition) is 7. The summed E-state index contributed by atoms with van der Waals surface area (Å²) in [6.07, 6.45) is 5.86. The van der Waals surface area contributed by atoms with E-state index in [-0.39, 0.29) is 25.2 Å². The first-order chi connectivity index (χ1) is 20.5. The second-order valence-corrected chi connectivity index (χ2v) is 10.4. The summed E-state index contributed by atoms with van der Waals surface area (Å²) in [5, 5.41) is 29.2. The lowest BCUT2D eigenvalue weighted by Crippen LogP contribution is -2.54. The molecule has 1 unspecified atom stereocenters. The largest absolute Gasteiger partial charge is 0.389 e. The minimum Gasteiger partial charge on any atom is -0.389 e. The predicted octanol–water partition coefficient (Wildman–Crippen LogP) is -0.819. The summed E-state index contributed by atoms with van der Waals surface area (Å²) in [7, 11) is 0. The number of benzene rings is 2. The molecule has 0 saturated heterocycles. The molecule has 2 aromatic rings. The lowest BCUT2D eigenvalue weighted by atomic mass is 9.98. The molecule has 230 valence electrons. The van der Waals surface area contributed by atoms with Crippen LogP contribution >= 0.6 is 0 Å².